The monoisotopic (exact) mass is 472 g/mol. The second-order valence-corrected chi connectivity index (χ2v) is 8.63. The average molecular weight is 473 g/mol. The molecule has 1 aromatic heterocycles. The van der Waals surface area contributed by atoms with E-state index >= 15 is 0 Å². The van der Waals surface area contributed by atoms with Gasteiger partial charge < -0.3 is 10.2 Å². The first kappa shape index (κ1) is 20.7. The lowest BCUT2D eigenvalue weighted by Crippen LogP contribution is -2.43. The quantitative estimate of drug-likeness (QED) is 0.515. The van der Waals surface area contributed by atoms with Gasteiger partial charge in [0.2, 0.25) is 0 Å². The van der Waals surface area contributed by atoms with Gasteiger partial charge in [0, 0.05) is 40.1 Å². The van der Waals surface area contributed by atoms with E-state index in [9.17, 15) is 13.6 Å². The highest BCUT2D eigenvalue weighted by Crippen LogP contribution is 2.35. The van der Waals surface area contributed by atoms with Crippen LogP contribution in [0.4, 0.5) is 20.3 Å². The van der Waals surface area contributed by atoms with Crippen molar-refractivity contribution in [3.8, 4) is 0 Å². The van der Waals surface area contributed by atoms with Gasteiger partial charge in [0.1, 0.15) is 5.82 Å². The minimum Gasteiger partial charge on any atom is -0.350 e. The Balaban J connectivity index is 1.81. The molecule has 0 bridgehead atoms. The number of halogens is 3. The summed E-state index contributed by atoms with van der Waals surface area (Å²) in [5, 5.41) is 3.55. The highest BCUT2D eigenvalue weighted by molar-refractivity contribution is 9.10. The number of nitrogens with one attached hydrogen (secondary N) is 1. The maximum absolute atomic E-state index is 14.1. The van der Waals surface area contributed by atoms with Crippen molar-refractivity contribution in [3.63, 3.8) is 0 Å². The van der Waals surface area contributed by atoms with Crippen molar-refractivity contribution in [2.45, 2.75) is 32.6 Å². The number of rotatable bonds is 3. The lowest BCUT2D eigenvalue weighted by molar-refractivity contribution is -0.0118. The number of anilines is 2. The van der Waals surface area contributed by atoms with E-state index in [1.54, 1.807) is 30.0 Å². The lowest BCUT2D eigenvalue weighted by Gasteiger charge is -2.34. The number of hydrogen-bond acceptors (Lipinski definition) is 3. The van der Waals surface area contributed by atoms with E-state index in [4.69, 9.17) is 0 Å². The van der Waals surface area contributed by atoms with E-state index in [0.29, 0.717) is 46.5 Å². The predicted octanol–water partition coefficient (Wildman–Crippen LogP) is 5.90. The van der Waals surface area contributed by atoms with Gasteiger partial charge in [0.05, 0.1) is 17.6 Å². The Kier molecular flexibility index (Phi) is 5.49. The smallest absolute Gasteiger partial charge is 0.265 e. The van der Waals surface area contributed by atoms with Gasteiger partial charge in [0.25, 0.3) is 11.8 Å². The van der Waals surface area contributed by atoms with E-state index < -0.39 is 12.5 Å². The number of aryl methyl sites for hydroxylation is 1. The Morgan fingerprint density at radius 3 is 2.77 bits per heavy atom. The van der Waals surface area contributed by atoms with Crippen LogP contribution in [0.15, 0.2) is 40.9 Å². The van der Waals surface area contributed by atoms with Crippen LogP contribution in [0.3, 0.4) is 0 Å². The first-order chi connectivity index (χ1) is 14.2. The Labute approximate surface area is 182 Å². The van der Waals surface area contributed by atoms with Gasteiger partial charge in [-0.2, -0.15) is 0 Å². The minimum absolute atomic E-state index is 0.125. The molecule has 3 aromatic rings. The van der Waals surface area contributed by atoms with Gasteiger partial charge in [-0.15, -0.1) is 0 Å². The molecule has 1 aliphatic rings. The Morgan fingerprint density at radius 2 is 2.07 bits per heavy atom. The van der Waals surface area contributed by atoms with Gasteiger partial charge in [-0.3, -0.25) is 4.79 Å². The number of benzene rings is 2. The molecule has 1 radical (unpaired) electrons. The molecule has 0 saturated carbocycles. The number of hydrogen-bond donors (Lipinski definition) is 1. The molecule has 0 unspecified atom stereocenters. The molecule has 2 aromatic carbocycles. The number of alkyl halides is 2. The molecule has 4 nitrogen and oxygen atoms in total. The van der Waals surface area contributed by atoms with Crippen LogP contribution in [0.1, 0.15) is 34.3 Å². The molecule has 30 heavy (non-hydrogen) atoms. The van der Waals surface area contributed by atoms with Crippen molar-refractivity contribution in [3.05, 3.63) is 63.6 Å². The van der Waals surface area contributed by atoms with Crippen molar-refractivity contribution in [1.82, 2.24) is 4.98 Å². The number of carbonyl (C=O) groups excluding carboxylic acids is 1. The fourth-order valence-electron chi connectivity index (χ4n) is 3.83. The molecular formula is C23H21BrF2N3O. The Hall–Kier alpha value is -2.54. The Bertz CT molecular complexity index is 1120. The summed E-state index contributed by atoms with van der Waals surface area (Å²) in [4.78, 5) is 19.5. The zero-order valence-corrected chi connectivity index (χ0v) is 18.3. The van der Waals surface area contributed by atoms with Crippen LogP contribution in [0, 0.1) is 19.9 Å². The first-order valence-electron chi connectivity index (χ1n) is 9.76. The molecule has 7 heteroatoms. The molecule has 1 fully saturated rings. The maximum atomic E-state index is 14.1. The van der Waals surface area contributed by atoms with Crippen LogP contribution in [0.5, 0.6) is 0 Å². The van der Waals surface area contributed by atoms with Gasteiger partial charge in [-0.1, -0.05) is 27.6 Å². The Morgan fingerprint density at radius 1 is 1.27 bits per heavy atom. The van der Waals surface area contributed by atoms with E-state index in [1.165, 1.54) is 0 Å². The van der Waals surface area contributed by atoms with Crippen LogP contribution in [0.2, 0.25) is 0 Å². The number of carbonyl (C=O) groups is 1. The standard InChI is InChI=1S/C23H21BrF2N3O/c1-14-4-7-17(8-5-14)27-22(30)20-15(2)21(29-11-3-10-23(25,26)13-29)28-19-9-6-16(24)12-18(19)20/h4-7,9,12H,3,10-11,13H2,1-2H3,(H,27,30). The predicted molar refractivity (Wildman–Crippen MR) is 119 cm³/mol. The minimum atomic E-state index is -2.76. The molecule has 1 aliphatic heterocycles. The van der Waals surface area contributed by atoms with Crippen molar-refractivity contribution >= 4 is 44.2 Å². The summed E-state index contributed by atoms with van der Waals surface area (Å²) in [6, 6.07) is 14.0. The van der Waals surface area contributed by atoms with E-state index in [2.05, 4.69) is 32.3 Å². The summed E-state index contributed by atoms with van der Waals surface area (Å²) >= 11 is 3.45. The molecule has 1 N–H and O–H groups in total. The van der Waals surface area contributed by atoms with Crippen molar-refractivity contribution < 1.29 is 13.6 Å². The number of piperidine rings is 1. The molecule has 155 valence electrons. The molecule has 1 amide bonds. The zero-order valence-electron chi connectivity index (χ0n) is 16.7. The highest BCUT2D eigenvalue weighted by Gasteiger charge is 2.36. The molecule has 1 saturated heterocycles. The third-order valence-corrected chi connectivity index (χ3v) is 5.79. The van der Waals surface area contributed by atoms with Crippen LogP contribution in [-0.4, -0.2) is 29.9 Å². The van der Waals surface area contributed by atoms with E-state index in [-0.39, 0.29) is 12.3 Å². The van der Waals surface area contributed by atoms with Gasteiger partial charge in [-0.25, -0.2) is 13.8 Å². The highest BCUT2D eigenvalue weighted by atomic mass is 79.9. The summed E-state index contributed by atoms with van der Waals surface area (Å²) < 4.78 is 28.9. The molecule has 0 atom stereocenters. The van der Waals surface area contributed by atoms with Gasteiger partial charge in [-0.05, 0) is 50.6 Å². The summed E-state index contributed by atoms with van der Waals surface area (Å²) in [5.41, 5.74) is 3.19. The van der Waals surface area contributed by atoms with E-state index in [0.717, 1.165) is 10.0 Å². The third-order valence-electron chi connectivity index (χ3n) is 5.30. The maximum Gasteiger partial charge on any atom is 0.265 e. The number of pyridine rings is 1. The van der Waals surface area contributed by atoms with Crippen molar-refractivity contribution in [2.24, 2.45) is 0 Å². The topological polar surface area (TPSA) is 45.2 Å². The second kappa shape index (κ2) is 7.95. The summed E-state index contributed by atoms with van der Waals surface area (Å²) in [7, 11) is 0. The molecule has 4 rings (SSSR count). The largest absolute Gasteiger partial charge is 0.350 e. The fraction of sp³-hybridized carbons (Fsp3) is 0.304. The first-order valence-corrected chi connectivity index (χ1v) is 10.6. The molecule has 0 aliphatic carbocycles. The second-order valence-electron chi connectivity index (χ2n) is 7.71. The van der Waals surface area contributed by atoms with Crippen molar-refractivity contribution in [2.75, 3.05) is 23.3 Å². The normalized spacial score (nSPS) is 16.0. The third kappa shape index (κ3) is 4.17. The summed E-state index contributed by atoms with van der Waals surface area (Å²) in [5.74, 6) is -2.65. The fourth-order valence-corrected chi connectivity index (χ4v) is 4.19. The summed E-state index contributed by atoms with van der Waals surface area (Å²) in [6.45, 7) is 3.80. The van der Waals surface area contributed by atoms with Crippen molar-refractivity contribution in [1.29, 1.82) is 0 Å². The molecular weight excluding hydrogens is 452 g/mol. The van der Waals surface area contributed by atoms with Crippen LogP contribution in [0.25, 0.3) is 10.9 Å². The zero-order chi connectivity index (χ0) is 21.5. The number of aromatic nitrogens is 1. The van der Waals surface area contributed by atoms with Crippen LogP contribution in [-0.2, 0) is 0 Å². The summed E-state index contributed by atoms with van der Waals surface area (Å²) in [6.07, 6.45) is 0.256. The average Bonchev–Trinajstić information content (AvgIpc) is 2.68. The van der Waals surface area contributed by atoms with E-state index in [1.807, 2.05) is 25.1 Å². The molecule has 0 spiro atoms. The van der Waals surface area contributed by atoms with Crippen LogP contribution < -0.4 is 10.2 Å². The lowest BCUT2D eigenvalue weighted by atomic mass is 10.0. The number of nitrogens with zero attached hydrogens (tertiary/aromatic N) is 2. The molecule has 2 heterocycles. The number of amides is 1. The SMILES string of the molecule is Cc1c[c]c(NC(=O)c2c(C)c(N3CCCC(F)(F)C3)nc3ccc(Br)cc23)cc1. The number of fused-ring (bicyclic) bond motifs is 1. The van der Waals surface area contributed by atoms with Gasteiger partial charge in [0.15, 0.2) is 0 Å². The van der Waals surface area contributed by atoms with Gasteiger partial charge >= 0.3 is 0 Å². The van der Waals surface area contributed by atoms with Crippen LogP contribution >= 0.6 is 15.9 Å².